The van der Waals surface area contributed by atoms with E-state index in [2.05, 4.69) is 0 Å². The van der Waals surface area contributed by atoms with Gasteiger partial charge in [-0.1, -0.05) is 24.3 Å². The van der Waals surface area contributed by atoms with Crippen LogP contribution in [0, 0.1) is 0 Å². The SMILES string of the molecule is CCO/C=C1/C(=O)N(Cc2ccc3c(c2)OCO3)C(=O)c2ccccc21. The van der Waals surface area contributed by atoms with Crippen molar-refractivity contribution in [2.45, 2.75) is 13.5 Å². The van der Waals surface area contributed by atoms with Gasteiger partial charge in [-0.15, -0.1) is 0 Å². The maximum absolute atomic E-state index is 12.9. The van der Waals surface area contributed by atoms with E-state index in [4.69, 9.17) is 14.2 Å². The first kappa shape index (κ1) is 16.2. The van der Waals surface area contributed by atoms with Gasteiger partial charge < -0.3 is 14.2 Å². The largest absolute Gasteiger partial charge is 0.501 e. The second kappa shape index (κ2) is 6.55. The molecule has 0 spiro atoms. The van der Waals surface area contributed by atoms with E-state index >= 15 is 0 Å². The number of amides is 2. The summed E-state index contributed by atoms with van der Waals surface area (Å²) in [5.41, 5.74) is 2.24. The predicted octanol–water partition coefficient (Wildman–Crippen LogP) is 2.98. The number of nitrogens with zero attached hydrogens (tertiary/aromatic N) is 1. The van der Waals surface area contributed by atoms with Gasteiger partial charge in [-0.25, -0.2) is 0 Å². The Bertz CT molecular complexity index is 918. The summed E-state index contributed by atoms with van der Waals surface area (Å²) in [5.74, 6) is 0.578. The fraction of sp³-hybridized carbons (Fsp3) is 0.200. The predicted molar refractivity (Wildman–Crippen MR) is 93.5 cm³/mol. The third-order valence-corrected chi connectivity index (χ3v) is 4.31. The summed E-state index contributed by atoms with van der Waals surface area (Å²) in [5, 5.41) is 0. The zero-order valence-corrected chi connectivity index (χ0v) is 14.2. The molecule has 2 aliphatic heterocycles. The van der Waals surface area contributed by atoms with Crippen molar-refractivity contribution in [3.05, 3.63) is 65.4 Å². The maximum Gasteiger partial charge on any atom is 0.264 e. The molecule has 4 rings (SSSR count). The minimum absolute atomic E-state index is 0.145. The molecule has 2 aromatic carbocycles. The highest BCUT2D eigenvalue weighted by atomic mass is 16.7. The van der Waals surface area contributed by atoms with E-state index in [9.17, 15) is 9.59 Å². The van der Waals surface area contributed by atoms with Crippen LogP contribution in [0.2, 0.25) is 0 Å². The summed E-state index contributed by atoms with van der Waals surface area (Å²) in [6.45, 7) is 2.60. The molecule has 0 N–H and O–H groups in total. The second-order valence-corrected chi connectivity index (χ2v) is 5.92. The third-order valence-electron chi connectivity index (χ3n) is 4.31. The van der Waals surface area contributed by atoms with Crippen molar-refractivity contribution in [2.24, 2.45) is 0 Å². The van der Waals surface area contributed by atoms with E-state index in [-0.39, 0.29) is 25.2 Å². The van der Waals surface area contributed by atoms with Crippen LogP contribution in [0.1, 0.15) is 28.4 Å². The van der Waals surface area contributed by atoms with Crippen LogP contribution >= 0.6 is 0 Å². The third kappa shape index (κ3) is 2.69. The van der Waals surface area contributed by atoms with Gasteiger partial charge in [0.2, 0.25) is 6.79 Å². The van der Waals surface area contributed by atoms with Gasteiger partial charge >= 0.3 is 0 Å². The average Bonchev–Trinajstić information content (AvgIpc) is 3.13. The molecule has 26 heavy (non-hydrogen) atoms. The maximum atomic E-state index is 12.9. The molecule has 132 valence electrons. The quantitative estimate of drug-likeness (QED) is 0.481. The lowest BCUT2D eigenvalue weighted by Crippen LogP contribution is -2.41. The molecule has 2 heterocycles. The van der Waals surface area contributed by atoms with E-state index in [0.29, 0.717) is 34.8 Å². The molecule has 6 heteroatoms. The minimum Gasteiger partial charge on any atom is -0.501 e. The van der Waals surface area contributed by atoms with Gasteiger partial charge in [0, 0.05) is 11.1 Å². The molecule has 0 saturated heterocycles. The molecular formula is C20H17NO5. The molecular weight excluding hydrogens is 334 g/mol. The van der Waals surface area contributed by atoms with Crippen LogP contribution in [0.15, 0.2) is 48.7 Å². The van der Waals surface area contributed by atoms with Gasteiger partial charge in [0.05, 0.1) is 25.0 Å². The minimum atomic E-state index is -0.375. The Hall–Kier alpha value is -3.28. The Morgan fingerprint density at radius 1 is 1.04 bits per heavy atom. The summed E-state index contributed by atoms with van der Waals surface area (Å²) < 4.78 is 16.0. The fourth-order valence-corrected chi connectivity index (χ4v) is 3.05. The van der Waals surface area contributed by atoms with Gasteiger partial charge in [-0.2, -0.15) is 0 Å². The van der Waals surface area contributed by atoms with Crippen molar-refractivity contribution in [1.29, 1.82) is 0 Å². The van der Waals surface area contributed by atoms with Crippen LogP contribution in [0.3, 0.4) is 0 Å². The number of carbonyl (C=O) groups is 2. The first-order valence-corrected chi connectivity index (χ1v) is 8.35. The highest BCUT2D eigenvalue weighted by molar-refractivity contribution is 6.30. The number of ether oxygens (including phenoxy) is 3. The van der Waals surface area contributed by atoms with E-state index in [1.54, 1.807) is 36.4 Å². The van der Waals surface area contributed by atoms with Crippen molar-refractivity contribution < 1.29 is 23.8 Å². The fourth-order valence-electron chi connectivity index (χ4n) is 3.05. The molecule has 0 aliphatic carbocycles. The van der Waals surface area contributed by atoms with Crippen molar-refractivity contribution in [3.8, 4) is 11.5 Å². The number of hydrogen-bond donors (Lipinski definition) is 0. The summed E-state index contributed by atoms with van der Waals surface area (Å²) >= 11 is 0. The molecule has 0 unspecified atom stereocenters. The summed E-state index contributed by atoms with van der Waals surface area (Å²) in [4.78, 5) is 27.0. The Morgan fingerprint density at radius 3 is 2.62 bits per heavy atom. The second-order valence-electron chi connectivity index (χ2n) is 5.92. The van der Waals surface area contributed by atoms with E-state index in [0.717, 1.165) is 5.56 Å². The highest BCUT2D eigenvalue weighted by Crippen LogP contribution is 2.34. The topological polar surface area (TPSA) is 65.1 Å². The molecule has 0 saturated carbocycles. The molecule has 0 fully saturated rings. The molecule has 2 amide bonds. The van der Waals surface area contributed by atoms with E-state index in [1.165, 1.54) is 11.2 Å². The molecule has 0 bridgehead atoms. The summed E-state index contributed by atoms with van der Waals surface area (Å²) in [6.07, 6.45) is 1.43. The van der Waals surface area contributed by atoms with Crippen molar-refractivity contribution in [2.75, 3.05) is 13.4 Å². The van der Waals surface area contributed by atoms with Crippen LogP contribution in [0.5, 0.6) is 11.5 Å². The van der Waals surface area contributed by atoms with Gasteiger partial charge in [0.1, 0.15) is 0 Å². The van der Waals surface area contributed by atoms with E-state index < -0.39 is 0 Å². The van der Waals surface area contributed by atoms with Gasteiger partial charge in [-0.3, -0.25) is 14.5 Å². The Balaban J connectivity index is 1.70. The lowest BCUT2D eigenvalue weighted by molar-refractivity contribution is -0.123. The smallest absolute Gasteiger partial charge is 0.264 e. The number of hydrogen-bond acceptors (Lipinski definition) is 5. The van der Waals surface area contributed by atoms with E-state index in [1.807, 2.05) is 13.0 Å². The monoisotopic (exact) mass is 351 g/mol. The molecule has 2 aromatic rings. The first-order chi connectivity index (χ1) is 12.7. The van der Waals surface area contributed by atoms with Crippen LogP contribution in [-0.4, -0.2) is 30.1 Å². The van der Waals surface area contributed by atoms with Crippen LogP contribution in [-0.2, 0) is 16.1 Å². The number of benzene rings is 2. The zero-order chi connectivity index (χ0) is 18.1. The normalized spacial score (nSPS) is 16.8. The highest BCUT2D eigenvalue weighted by Gasteiger charge is 2.35. The number of imide groups is 1. The standard InChI is InChI=1S/C20H17NO5/c1-2-24-11-16-14-5-3-4-6-15(14)19(22)21(20(16)23)10-13-7-8-17-18(9-13)26-12-25-17/h3-9,11H,2,10,12H2,1H3/b16-11+. The number of carbonyl (C=O) groups excluding carboxylic acids is 2. The van der Waals surface area contributed by atoms with Crippen LogP contribution in [0.25, 0.3) is 5.57 Å². The zero-order valence-electron chi connectivity index (χ0n) is 14.2. The first-order valence-electron chi connectivity index (χ1n) is 8.35. The summed E-state index contributed by atoms with van der Waals surface area (Å²) in [7, 11) is 0. The van der Waals surface area contributed by atoms with Gasteiger partial charge in [0.15, 0.2) is 11.5 Å². The Labute approximate surface area is 150 Å². The summed E-state index contributed by atoms with van der Waals surface area (Å²) in [6, 6.07) is 12.4. The van der Waals surface area contributed by atoms with Crippen molar-refractivity contribution in [3.63, 3.8) is 0 Å². The Morgan fingerprint density at radius 2 is 1.81 bits per heavy atom. The number of rotatable bonds is 4. The molecule has 6 nitrogen and oxygen atoms in total. The van der Waals surface area contributed by atoms with Gasteiger partial charge in [-0.05, 0) is 30.7 Å². The average molecular weight is 351 g/mol. The van der Waals surface area contributed by atoms with Crippen LogP contribution in [0.4, 0.5) is 0 Å². The Kier molecular flexibility index (Phi) is 4.08. The van der Waals surface area contributed by atoms with Crippen LogP contribution < -0.4 is 9.47 Å². The van der Waals surface area contributed by atoms with Gasteiger partial charge in [0.25, 0.3) is 11.8 Å². The molecule has 0 radical (unpaired) electrons. The van der Waals surface area contributed by atoms with Crippen molar-refractivity contribution in [1.82, 2.24) is 4.90 Å². The molecule has 0 aromatic heterocycles. The number of fused-ring (bicyclic) bond motifs is 2. The van der Waals surface area contributed by atoms with Crippen molar-refractivity contribution >= 4 is 17.4 Å². The molecule has 2 aliphatic rings. The lowest BCUT2D eigenvalue weighted by atomic mass is 9.94. The molecule has 0 atom stereocenters. The lowest BCUT2D eigenvalue weighted by Gasteiger charge is -2.28.